The lowest BCUT2D eigenvalue weighted by atomic mass is 10.1. The molecule has 0 unspecified atom stereocenters. The van der Waals surface area contributed by atoms with Crippen molar-refractivity contribution >= 4 is 15.9 Å². The first-order valence-corrected chi connectivity index (χ1v) is 7.57. The molecule has 0 aliphatic carbocycles. The lowest BCUT2D eigenvalue weighted by Crippen LogP contribution is -1.98. The van der Waals surface area contributed by atoms with Gasteiger partial charge in [-0.3, -0.25) is 0 Å². The summed E-state index contributed by atoms with van der Waals surface area (Å²) in [6.45, 7) is 2.12. The van der Waals surface area contributed by atoms with Gasteiger partial charge in [-0.2, -0.15) is 0 Å². The molecule has 0 saturated heterocycles. The molecule has 106 valence electrons. The number of benzene rings is 2. The average molecular weight is 342 g/mol. The fourth-order valence-corrected chi connectivity index (χ4v) is 2.72. The summed E-state index contributed by atoms with van der Waals surface area (Å²) in [5.41, 5.74) is 4.72. The molecule has 0 atom stereocenters. The zero-order valence-corrected chi connectivity index (χ0v) is 13.6. The highest BCUT2D eigenvalue weighted by atomic mass is 79.9. The second-order valence-electron chi connectivity index (χ2n) is 4.90. The van der Waals surface area contributed by atoms with Crippen LogP contribution < -0.4 is 4.74 Å². The van der Waals surface area contributed by atoms with Gasteiger partial charge in [0.1, 0.15) is 5.75 Å². The summed E-state index contributed by atoms with van der Waals surface area (Å²) >= 11 is 3.48. The molecule has 21 heavy (non-hydrogen) atoms. The van der Waals surface area contributed by atoms with E-state index in [1.807, 2.05) is 12.1 Å². The van der Waals surface area contributed by atoms with E-state index in [1.54, 1.807) is 7.11 Å². The number of methoxy groups -OCH3 is 1. The van der Waals surface area contributed by atoms with Crippen molar-refractivity contribution in [2.45, 2.75) is 6.92 Å². The zero-order chi connectivity index (χ0) is 14.8. The number of rotatable bonds is 3. The number of halogens is 1. The van der Waals surface area contributed by atoms with Crippen molar-refractivity contribution in [2.24, 2.45) is 0 Å². The highest BCUT2D eigenvalue weighted by Crippen LogP contribution is 2.28. The molecule has 0 spiro atoms. The van der Waals surface area contributed by atoms with E-state index in [0.717, 1.165) is 15.9 Å². The summed E-state index contributed by atoms with van der Waals surface area (Å²) in [6, 6.07) is 20.8. The third-order valence-electron chi connectivity index (χ3n) is 3.55. The number of aromatic nitrogens is 1. The van der Waals surface area contributed by atoms with Crippen molar-refractivity contribution in [3.63, 3.8) is 0 Å². The lowest BCUT2D eigenvalue weighted by molar-refractivity contribution is 0.415. The van der Waals surface area contributed by atoms with E-state index < -0.39 is 0 Å². The number of aryl methyl sites for hydroxylation is 1. The molecule has 0 aliphatic rings. The van der Waals surface area contributed by atoms with Crippen LogP contribution in [0.4, 0.5) is 0 Å². The van der Waals surface area contributed by atoms with Crippen LogP contribution in [0.5, 0.6) is 5.75 Å². The zero-order valence-electron chi connectivity index (χ0n) is 12.0. The van der Waals surface area contributed by atoms with Gasteiger partial charge in [0.15, 0.2) is 0 Å². The van der Waals surface area contributed by atoms with E-state index in [2.05, 4.69) is 76.0 Å². The summed E-state index contributed by atoms with van der Waals surface area (Å²) in [6.07, 6.45) is 0. The van der Waals surface area contributed by atoms with Crippen molar-refractivity contribution in [2.75, 3.05) is 7.11 Å². The molecule has 2 aromatic carbocycles. The van der Waals surface area contributed by atoms with Gasteiger partial charge in [0, 0.05) is 15.9 Å². The molecule has 2 nitrogen and oxygen atoms in total. The van der Waals surface area contributed by atoms with Gasteiger partial charge in [0.2, 0.25) is 0 Å². The van der Waals surface area contributed by atoms with Gasteiger partial charge in [0.25, 0.3) is 0 Å². The Balaban J connectivity index is 2.09. The van der Waals surface area contributed by atoms with E-state index in [9.17, 15) is 0 Å². The molecule has 0 N–H and O–H groups in total. The van der Waals surface area contributed by atoms with E-state index in [0.29, 0.717) is 0 Å². The second-order valence-corrected chi connectivity index (χ2v) is 5.82. The van der Waals surface area contributed by atoms with Gasteiger partial charge < -0.3 is 9.30 Å². The fraction of sp³-hybridized carbons (Fsp3) is 0.111. The first kappa shape index (κ1) is 14.0. The minimum Gasteiger partial charge on any atom is -0.497 e. The predicted octanol–water partition coefficient (Wildman–Crippen LogP) is 5.22. The molecule has 3 rings (SSSR count). The second kappa shape index (κ2) is 5.78. The van der Waals surface area contributed by atoms with Crippen LogP contribution in [0.15, 0.2) is 65.1 Å². The molecular weight excluding hydrogens is 326 g/mol. The van der Waals surface area contributed by atoms with Crippen LogP contribution in [0.25, 0.3) is 16.9 Å². The molecule has 0 bridgehead atoms. The van der Waals surface area contributed by atoms with Crippen LogP contribution in [0.1, 0.15) is 5.69 Å². The van der Waals surface area contributed by atoms with Crippen molar-refractivity contribution in [1.82, 2.24) is 4.57 Å². The molecule has 1 heterocycles. The van der Waals surface area contributed by atoms with Crippen molar-refractivity contribution in [3.05, 3.63) is 70.8 Å². The Labute approximate surface area is 133 Å². The first-order valence-electron chi connectivity index (χ1n) is 6.78. The van der Waals surface area contributed by atoms with E-state index in [-0.39, 0.29) is 0 Å². The Morgan fingerprint density at radius 2 is 1.52 bits per heavy atom. The van der Waals surface area contributed by atoms with Gasteiger partial charge in [-0.15, -0.1) is 0 Å². The van der Waals surface area contributed by atoms with E-state index in [4.69, 9.17) is 4.74 Å². The van der Waals surface area contributed by atoms with Crippen LogP contribution >= 0.6 is 15.9 Å². The summed E-state index contributed by atoms with van der Waals surface area (Å²) in [7, 11) is 1.68. The Kier molecular flexibility index (Phi) is 3.84. The van der Waals surface area contributed by atoms with Gasteiger partial charge in [-0.05, 0) is 73.2 Å². The molecule has 3 heteroatoms. The van der Waals surface area contributed by atoms with Crippen LogP contribution in [0.3, 0.4) is 0 Å². The quantitative estimate of drug-likeness (QED) is 0.636. The SMILES string of the molecule is COc1ccc(-c2ccc(C)n2-c2ccc(Br)cc2)cc1. The molecule has 0 saturated carbocycles. The topological polar surface area (TPSA) is 14.2 Å². The molecule has 3 aromatic rings. The number of hydrogen-bond acceptors (Lipinski definition) is 1. The maximum absolute atomic E-state index is 5.23. The summed E-state index contributed by atoms with van der Waals surface area (Å²) in [5.74, 6) is 0.872. The maximum atomic E-state index is 5.23. The number of hydrogen-bond donors (Lipinski definition) is 0. The maximum Gasteiger partial charge on any atom is 0.118 e. The van der Waals surface area contributed by atoms with Crippen LogP contribution in [0.2, 0.25) is 0 Å². The van der Waals surface area contributed by atoms with Gasteiger partial charge >= 0.3 is 0 Å². The smallest absolute Gasteiger partial charge is 0.118 e. The molecule has 0 radical (unpaired) electrons. The summed E-state index contributed by atoms with van der Waals surface area (Å²) in [5, 5.41) is 0. The van der Waals surface area contributed by atoms with Crippen molar-refractivity contribution < 1.29 is 4.74 Å². The normalized spacial score (nSPS) is 10.6. The Morgan fingerprint density at radius 1 is 0.857 bits per heavy atom. The summed E-state index contributed by atoms with van der Waals surface area (Å²) < 4.78 is 8.57. The third kappa shape index (κ3) is 2.74. The third-order valence-corrected chi connectivity index (χ3v) is 4.08. The summed E-state index contributed by atoms with van der Waals surface area (Å²) in [4.78, 5) is 0. The lowest BCUT2D eigenvalue weighted by Gasteiger charge is -2.12. The van der Waals surface area contributed by atoms with Crippen molar-refractivity contribution in [1.29, 1.82) is 0 Å². The van der Waals surface area contributed by atoms with Gasteiger partial charge in [0.05, 0.1) is 12.8 Å². The number of ether oxygens (including phenoxy) is 1. The fourth-order valence-electron chi connectivity index (χ4n) is 2.46. The Hall–Kier alpha value is -2.00. The van der Waals surface area contributed by atoms with Crippen molar-refractivity contribution in [3.8, 4) is 22.7 Å². The van der Waals surface area contributed by atoms with Crippen LogP contribution in [0, 0.1) is 6.92 Å². The largest absolute Gasteiger partial charge is 0.497 e. The Morgan fingerprint density at radius 3 is 2.14 bits per heavy atom. The number of nitrogens with zero attached hydrogens (tertiary/aromatic N) is 1. The van der Waals surface area contributed by atoms with Crippen LogP contribution in [-0.4, -0.2) is 11.7 Å². The average Bonchev–Trinajstić information content (AvgIpc) is 2.90. The van der Waals surface area contributed by atoms with E-state index >= 15 is 0 Å². The monoisotopic (exact) mass is 341 g/mol. The van der Waals surface area contributed by atoms with Gasteiger partial charge in [-0.1, -0.05) is 15.9 Å². The highest BCUT2D eigenvalue weighted by Gasteiger charge is 2.09. The minimum atomic E-state index is 0.872. The molecule has 0 fully saturated rings. The standard InChI is InChI=1S/C18H16BrNO/c1-13-3-12-18(14-4-10-17(21-2)11-5-14)20(13)16-8-6-15(19)7-9-16/h3-12H,1-2H3. The molecule has 0 aliphatic heterocycles. The predicted molar refractivity (Wildman–Crippen MR) is 90.2 cm³/mol. The van der Waals surface area contributed by atoms with Crippen LogP contribution in [-0.2, 0) is 0 Å². The molecular formula is C18H16BrNO. The van der Waals surface area contributed by atoms with Gasteiger partial charge in [-0.25, -0.2) is 0 Å². The van der Waals surface area contributed by atoms with E-state index in [1.165, 1.54) is 17.0 Å². The molecule has 0 amide bonds. The minimum absolute atomic E-state index is 0.872. The highest BCUT2D eigenvalue weighted by molar-refractivity contribution is 9.10. The Bertz CT molecular complexity index is 742. The first-order chi connectivity index (χ1) is 10.2. The molecule has 1 aromatic heterocycles.